The number of methoxy groups -OCH3 is 1. The zero-order valence-electron chi connectivity index (χ0n) is 14.4. The van der Waals surface area contributed by atoms with Gasteiger partial charge < -0.3 is 9.47 Å². The summed E-state index contributed by atoms with van der Waals surface area (Å²) in [6, 6.07) is 13.4. The van der Waals surface area contributed by atoms with Crippen molar-refractivity contribution in [2.24, 2.45) is 0 Å². The molecular formula is C20H16N2O3S. The average molecular weight is 364 g/mol. The number of aryl methyl sites for hydroxylation is 1. The maximum Gasteiger partial charge on any atom is 0.341 e. The predicted octanol–water partition coefficient (Wildman–Crippen LogP) is 4.99. The molecule has 0 aliphatic heterocycles. The highest BCUT2D eigenvalue weighted by molar-refractivity contribution is 7.18. The summed E-state index contributed by atoms with van der Waals surface area (Å²) in [5.74, 6) is 0.404. The van der Waals surface area contributed by atoms with Crippen LogP contribution in [0.4, 0.5) is 0 Å². The van der Waals surface area contributed by atoms with Crippen LogP contribution in [-0.2, 0) is 11.2 Å². The second-order valence-corrected chi connectivity index (χ2v) is 6.87. The number of benzene rings is 2. The normalized spacial score (nSPS) is 11.0. The maximum absolute atomic E-state index is 12.2. The topological polar surface area (TPSA) is 61.3 Å². The number of carbonyl (C=O) groups is 1. The molecule has 0 aliphatic carbocycles. The van der Waals surface area contributed by atoms with Gasteiger partial charge in [-0.05, 0) is 35.4 Å². The summed E-state index contributed by atoms with van der Waals surface area (Å²) in [4.78, 5) is 22.9. The quantitative estimate of drug-likeness (QED) is 0.478. The molecule has 0 radical (unpaired) electrons. The number of hydrogen-bond donors (Lipinski definition) is 0. The Morgan fingerprint density at radius 3 is 2.62 bits per heavy atom. The molecule has 5 nitrogen and oxygen atoms in total. The van der Waals surface area contributed by atoms with Gasteiger partial charge in [-0.2, -0.15) is 0 Å². The summed E-state index contributed by atoms with van der Waals surface area (Å²) in [6.45, 7) is 2.09. The summed E-state index contributed by atoms with van der Waals surface area (Å²) < 4.78 is 11.0. The molecule has 0 fully saturated rings. The molecule has 4 aromatic rings. The van der Waals surface area contributed by atoms with E-state index in [1.807, 2.05) is 36.4 Å². The molecule has 2 heterocycles. The van der Waals surface area contributed by atoms with E-state index in [0.29, 0.717) is 17.2 Å². The van der Waals surface area contributed by atoms with Crippen LogP contribution in [0.2, 0.25) is 0 Å². The van der Waals surface area contributed by atoms with Crippen molar-refractivity contribution in [3.63, 3.8) is 0 Å². The molecule has 0 amide bonds. The van der Waals surface area contributed by atoms with Crippen molar-refractivity contribution in [3.8, 4) is 11.6 Å². The van der Waals surface area contributed by atoms with Gasteiger partial charge in [0.25, 0.3) is 0 Å². The van der Waals surface area contributed by atoms with E-state index in [0.717, 1.165) is 27.4 Å². The lowest BCUT2D eigenvalue weighted by Crippen LogP contribution is -2.04. The molecule has 0 saturated heterocycles. The minimum Gasteiger partial charge on any atom is -0.465 e. The van der Waals surface area contributed by atoms with Gasteiger partial charge >= 0.3 is 5.97 Å². The average Bonchev–Trinajstić information content (AvgIpc) is 3.11. The first-order valence-electron chi connectivity index (χ1n) is 8.22. The minimum absolute atomic E-state index is 0.365. The van der Waals surface area contributed by atoms with Crippen molar-refractivity contribution in [2.75, 3.05) is 7.11 Å². The van der Waals surface area contributed by atoms with Gasteiger partial charge in [-0.25, -0.2) is 14.8 Å². The Balaban J connectivity index is 1.86. The maximum atomic E-state index is 12.2. The molecule has 0 unspecified atom stereocenters. The SMILES string of the molecule is CCc1cc2c(Oc3cc4ccccc4cc3C(=O)OC)ncnc2s1. The van der Waals surface area contributed by atoms with Gasteiger partial charge in [-0.15, -0.1) is 11.3 Å². The molecule has 0 aliphatic rings. The van der Waals surface area contributed by atoms with E-state index >= 15 is 0 Å². The molecule has 0 spiro atoms. The van der Waals surface area contributed by atoms with Crippen molar-refractivity contribution < 1.29 is 14.3 Å². The summed E-state index contributed by atoms with van der Waals surface area (Å²) in [6.07, 6.45) is 2.40. The molecule has 6 heteroatoms. The van der Waals surface area contributed by atoms with Gasteiger partial charge in [0.05, 0.1) is 12.5 Å². The highest BCUT2D eigenvalue weighted by atomic mass is 32.1. The predicted molar refractivity (Wildman–Crippen MR) is 102 cm³/mol. The van der Waals surface area contributed by atoms with Crippen molar-refractivity contribution in [1.29, 1.82) is 0 Å². The Hall–Kier alpha value is -2.99. The number of fused-ring (bicyclic) bond motifs is 2. The van der Waals surface area contributed by atoms with Gasteiger partial charge in [-0.1, -0.05) is 31.2 Å². The molecule has 130 valence electrons. The number of nitrogens with zero attached hydrogens (tertiary/aromatic N) is 2. The largest absolute Gasteiger partial charge is 0.465 e. The Labute approximate surface area is 154 Å². The van der Waals surface area contributed by atoms with Crippen LogP contribution in [0.5, 0.6) is 11.6 Å². The number of esters is 1. The zero-order valence-corrected chi connectivity index (χ0v) is 15.2. The van der Waals surface area contributed by atoms with Gasteiger partial charge in [0, 0.05) is 4.88 Å². The van der Waals surface area contributed by atoms with E-state index in [1.54, 1.807) is 17.4 Å². The number of rotatable bonds is 4. The van der Waals surface area contributed by atoms with Crippen LogP contribution in [0, 0.1) is 0 Å². The molecule has 26 heavy (non-hydrogen) atoms. The Bertz CT molecular complexity index is 1120. The lowest BCUT2D eigenvalue weighted by molar-refractivity contribution is 0.0598. The summed E-state index contributed by atoms with van der Waals surface area (Å²) in [7, 11) is 1.36. The van der Waals surface area contributed by atoms with Crippen LogP contribution < -0.4 is 4.74 Å². The van der Waals surface area contributed by atoms with Gasteiger partial charge in [0.2, 0.25) is 5.88 Å². The van der Waals surface area contributed by atoms with Crippen LogP contribution in [0.3, 0.4) is 0 Å². The lowest BCUT2D eigenvalue weighted by atomic mass is 10.1. The van der Waals surface area contributed by atoms with Crippen LogP contribution in [0.25, 0.3) is 21.0 Å². The van der Waals surface area contributed by atoms with Crippen molar-refractivity contribution in [1.82, 2.24) is 9.97 Å². The first kappa shape index (κ1) is 16.5. The van der Waals surface area contributed by atoms with Gasteiger partial charge in [0.15, 0.2) is 0 Å². The van der Waals surface area contributed by atoms with Crippen molar-refractivity contribution >= 4 is 38.3 Å². The third-order valence-electron chi connectivity index (χ3n) is 4.15. The highest BCUT2D eigenvalue weighted by Gasteiger charge is 2.18. The first-order valence-corrected chi connectivity index (χ1v) is 9.03. The Morgan fingerprint density at radius 2 is 1.88 bits per heavy atom. The van der Waals surface area contributed by atoms with Crippen LogP contribution in [0.1, 0.15) is 22.2 Å². The lowest BCUT2D eigenvalue weighted by Gasteiger charge is -2.11. The van der Waals surface area contributed by atoms with Crippen LogP contribution in [-0.4, -0.2) is 23.0 Å². The fourth-order valence-corrected chi connectivity index (χ4v) is 3.74. The third kappa shape index (κ3) is 2.88. The van der Waals surface area contributed by atoms with E-state index in [4.69, 9.17) is 9.47 Å². The van der Waals surface area contributed by atoms with Gasteiger partial charge in [0.1, 0.15) is 22.5 Å². The zero-order chi connectivity index (χ0) is 18.1. The second kappa shape index (κ2) is 6.72. The Morgan fingerprint density at radius 1 is 1.12 bits per heavy atom. The minimum atomic E-state index is -0.449. The van der Waals surface area contributed by atoms with Gasteiger partial charge in [-0.3, -0.25) is 0 Å². The number of ether oxygens (including phenoxy) is 2. The van der Waals surface area contributed by atoms with E-state index in [1.165, 1.54) is 18.3 Å². The molecule has 2 aromatic heterocycles. The standard InChI is InChI=1S/C20H16N2O3S/c1-3-14-10-16-18(21-11-22-19(16)26-14)25-17-9-13-7-5-4-6-12(13)8-15(17)20(23)24-2/h4-11H,3H2,1-2H3. The van der Waals surface area contributed by atoms with Crippen molar-refractivity contribution in [3.05, 3.63) is 59.2 Å². The second-order valence-electron chi connectivity index (χ2n) is 5.75. The van der Waals surface area contributed by atoms with E-state index in [-0.39, 0.29) is 0 Å². The molecule has 0 atom stereocenters. The van der Waals surface area contributed by atoms with Crippen molar-refractivity contribution in [2.45, 2.75) is 13.3 Å². The van der Waals surface area contributed by atoms with E-state index in [2.05, 4.69) is 16.9 Å². The number of thiophene rings is 1. The Kier molecular flexibility index (Phi) is 4.26. The third-order valence-corrected chi connectivity index (χ3v) is 5.34. The smallest absolute Gasteiger partial charge is 0.341 e. The van der Waals surface area contributed by atoms with Crippen LogP contribution in [0.15, 0.2) is 48.8 Å². The highest BCUT2D eigenvalue weighted by Crippen LogP contribution is 2.35. The molecular weight excluding hydrogens is 348 g/mol. The number of aromatic nitrogens is 2. The number of hydrogen-bond acceptors (Lipinski definition) is 6. The molecule has 2 aromatic carbocycles. The summed E-state index contributed by atoms with van der Waals surface area (Å²) >= 11 is 1.62. The van der Waals surface area contributed by atoms with Crippen LogP contribution >= 0.6 is 11.3 Å². The fraction of sp³-hybridized carbons (Fsp3) is 0.150. The summed E-state index contributed by atoms with van der Waals surface area (Å²) in [5, 5.41) is 2.76. The molecule has 4 rings (SSSR count). The first-order chi connectivity index (χ1) is 12.7. The van der Waals surface area contributed by atoms with E-state index in [9.17, 15) is 4.79 Å². The fourth-order valence-electron chi connectivity index (χ4n) is 2.82. The summed E-state index contributed by atoms with van der Waals surface area (Å²) in [5.41, 5.74) is 0.365. The monoisotopic (exact) mass is 364 g/mol. The molecule has 0 N–H and O–H groups in total. The molecule has 0 bridgehead atoms. The molecule has 0 saturated carbocycles. The van der Waals surface area contributed by atoms with E-state index < -0.39 is 5.97 Å². The number of carbonyl (C=O) groups excluding carboxylic acids is 1.